The number of rotatable bonds is 4. The molecule has 0 aliphatic rings. The van der Waals surface area contributed by atoms with Crippen molar-refractivity contribution in [3.05, 3.63) is 45.8 Å². The smallest absolute Gasteiger partial charge is 0.210 e. The topological polar surface area (TPSA) is 43.1 Å². The summed E-state index contributed by atoms with van der Waals surface area (Å²) in [4.78, 5) is 10.2. The Morgan fingerprint density at radius 1 is 1.33 bits per heavy atom. The number of nitro groups is 1. The Morgan fingerprint density at radius 2 is 1.87 bits per heavy atom. The molecule has 0 radical (unpaired) electrons. The molecule has 1 unspecified atom stereocenters. The van der Waals surface area contributed by atoms with E-state index in [0.29, 0.717) is 0 Å². The fourth-order valence-corrected chi connectivity index (χ4v) is 1.57. The zero-order valence-electron chi connectivity index (χ0n) is 8.81. The maximum Gasteiger partial charge on any atom is 0.210 e. The predicted molar refractivity (Wildman–Crippen MR) is 55.8 cm³/mol. The molecule has 1 aromatic carbocycles. The first kappa shape index (κ1) is 11.6. The third-order valence-electron chi connectivity index (χ3n) is 2.45. The van der Waals surface area contributed by atoms with E-state index in [1.807, 2.05) is 13.8 Å². The summed E-state index contributed by atoms with van der Waals surface area (Å²) in [5.41, 5.74) is 0.822. The molecule has 0 heterocycles. The second-order valence-electron chi connectivity index (χ2n) is 3.92. The van der Waals surface area contributed by atoms with Crippen LogP contribution in [0.25, 0.3) is 0 Å². The van der Waals surface area contributed by atoms with Gasteiger partial charge in [0.25, 0.3) is 0 Å². The van der Waals surface area contributed by atoms with Crippen LogP contribution in [0, 0.1) is 21.8 Å². The van der Waals surface area contributed by atoms with Gasteiger partial charge >= 0.3 is 0 Å². The van der Waals surface area contributed by atoms with E-state index in [4.69, 9.17) is 0 Å². The van der Waals surface area contributed by atoms with Crippen molar-refractivity contribution in [3.8, 4) is 0 Å². The lowest BCUT2D eigenvalue weighted by molar-refractivity contribution is -0.484. The highest BCUT2D eigenvalue weighted by molar-refractivity contribution is 5.21. The maximum absolute atomic E-state index is 12.7. The van der Waals surface area contributed by atoms with Crippen molar-refractivity contribution in [2.75, 3.05) is 6.54 Å². The highest BCUT2D eigenvalue weighted by atomic mass is 19.1. The van der Waals surface area contributed by atoms with Crippen LogP contribution in [0.2, 0.25) is 0 Å². The van der Waals surface area contributed by atoms with Crippen LogP contribution in [-0.2, 0) is 0 Å². The average molecular weight is 211 g/mol. The molecule has 0 aromatic heterocycles. The summed E-state index contributed by atoms with van der Waals surface area (Å²) >= 11 is 0. The lowest BCUT2D eigenvalue weighted by atomic mass is 9.88. The van der Waals surface area contributed by atoms with Gasteiger partial charge in [0, 0.05) is 4.92 Å². The summed E-state index contributed by atoms with van der Waals surface area (Å²) in [6.45, 7) is 3.75. The third kappa shape index (κ3) is 3.31. The predicted octanol–water partition coefficient (Wildman–Crippen LogP) is 2.84. The van der Waals surface area contributed by atoms with Crippen LogP contribution in [-0.4, -0.2) is 11.5 Å². The minimum absolute atomic E-state index is 0.108. The van der Waals surface area contributed by atoms with Gasteiger partial charge in [-0.05, 0) is 23.6 Å². The van der Waals surface area contributed by atoms with Crippen molar-refractivity contribution < 1.29 is 9.31 Å². The van der Waals surface area contributed by atoms with Crippen LogP contribution >= 0.6 is 0 Å². The molecule has 1 rings (SSSR count). The molecule has 0 spiro atoms. The zero-order valence-corrected chi connectivity index (χ0v) is 8.81. The van der Waals surface area contributed by atoms with Crippen molar-refractivity contribution in [1.29, 1.82) is 0 Å². The Kier molecular flexibility index (Phi) is 3.77. The molecule has 4 heteroatoms. The summed E-state index contributed by atoms with van der Waals surface area (Å²) in [5.74, 6) is -0.302. The molecule has 0 saturated carbocycles. The number of benzene rings is 1. The standard InChI is InChI=1S/C11H14FNO2/c1-8(2)11(7-13(14)15)9-3-5-10(12)6-4-9/h3-6,8,11H,7H2,1-2H3. The molecule has 0 saturated heterocycles. The van der Waals surface area contributed by atoms with Gasteiger partial charge in [-0.2, -0.15) is 0 Å². The first-order chi connectivity index (χ1) is 7.00. The number of nitrogens with zero attached hydrogens (tertiary/aromatic N) is 1. The molecule has 0 aliphatic carbocycles. The van der Waals surface area contributed by atoms with Gasteiger partial charge in [0.2, 0.25) is 6.54 Å². The Hall–Kier alpha value is -1.45. The molecule has 3 nitrogen and oxygen atoms in total. The van der Waals surface area contributed by atoms with Gasteiger partial charge in [-0.3, -0.25) is 10.1 Å². The zero-order chi connectivity index (χ0) is 11.4. The van der Waals surface area contributed by atoms with Crippen LogP contribution < -0.4 is 0 Å². The fourth-order valence-electron chi connectivity index (χ4n) is 1.57. The molecule has 0 N–H and O–H groups in total. The Bertz CT molecular complexity index is 335. The molecule has 0 bridgehead atoms. The molecule has 0 aliphatic heterocycles. The first-order valence-electron chi connectivity index (χ1n) is 4.88. The van der Waals surface area contributed by atoms with E-state index in [2.05, 4.69) is 0 Å². The molecule has 0 amide bonds. The monoisotopic (exact) mass is 211 g/mol. The van der Waals surface area contributed by atoms with Crippen LogP contribution in [0.1, 0.15) is 25.3 Å². The second-order valence-corrected chi connectivity index (χ2v) is 3.92. The normalized spacial score (nSPS) is 12.8. The second kappa shape index (κ2) is 4.87. The number of hydrogen-bond donors (Lipinski definition) is 0. The molecule has 1 aromatic rings. The number of hydrogen-bond acceptors (Lipinski definition) is 2. The lowest BCUT2D eigenvalue weighted by Gasteiger charge is -2.16. The summed E-state index contributed by atoms with van der Waals surface area (Å²) < 4.78 is 12.7. The summed E-state index contributed by atoms with van der Waals surface area (Å²) in [6, 6.07) is 5.91. The minimum Gasteiger partial charge on any atom is -0.265 e. The highest BCUT2D eigenvalue weighted by Gasteiger charge is 2.21. The Balaban J connectivity index is 2.88. The molecule has 15 heavy (non-hydrogen) atoms. The van der Waals surface area contributed by atoms with Gasteiger partial charge in [0.1, 0.15) is 5.82 Å². The Labute approximate surface area is 88.1 Å². The molecular weight excluding hydrogens is 197 g/mol. The van der Waals surface area contributed by atoms with Crippen molar-refractivity contribution in [3.63, 3.8) is 0 Å². The van der Waals surface area contributed by atoms with E-state index in [1.54, 1.807) is 12.1 Å². The van der Waals surface area contributed by atoms with E-state index < -0.39 is 0 Å². The SMILES string of the molecule is CC(C)C(C[N+](=O)[O-])c1ccc(F)cc1. The fraction of sp³-hybridized carbons (Fsp3) is 0.455. The van der Waals surface area contributed by atoms with E-state index in [-0.39, 0.29) is 29.1 Å². The highest BCUT2D eigenvalue weighted by Crippen LogP contribution is 2.24. The summed E-state index contributed by atoms with van der Waals surface area (Å²) in [6.07, 6.45) is 0. The number of halogens is 1. The molecule has 0 fully saturated rings. The van der Waals surface area contributed by atoms with Crippen LogP contribution in [0.15, 0.2) is 24.3 Å². The third-order valence-corrected chi connectivity index (χ3v) is 2.45. The van der Waals surface area contributed by atoms with Crippen LogP contribution in [0.3, 0.4) is 0 Å². The summed E-state index contributed by atoms with van der Waals surface area (Å²) in [7, 11) is 0. The van der Waals surface area contributed by atoms with Gasteiger partial charge in [-0.25, -0.2) is 4.39 Å². The van der Waals surface area contributed by atoms with Gasteiger partial charge in [0.15, 0.2) is 0 Å². The van der Waals surface area contributed by atoms with Gasteiger partial charge in [0.05, 0.1) is 5.92 Å². The van der Waals surface area contributed by atoms with E-state index in [0.717, 1.165) is 5.56 Å². The van der Waals surface area contributed by atoms with Crippen molar-refractivity contribution in [2.45, 2.75) is 19.8 Å². The average Bonchev–Trinajstić information content (AvgIpc) is 2.15. The maximum atomic E-state index is 12.7. The van der Waals surface area contributed by atoms with Crippen LogP contribution in [0.5, 0.6) is 0 Å². The lowest BCUT2D eigenvalue weighted by Crippen LogP contribution is -2.17. The summed E-state index contributed by atoms with van der Waals surface area (Å²) in [5, 5.41) is 10.5. The first-order valence-corrected chi connectivity index (χ1v) is 4.88. The minimum atomic E-state index is -0.325. The van der Waals surface area contributed by atoms with Crippen molar-refractivity contribution in [1.82, 2.24) is 0 Å². The van der Waals surface area contributed by atoms with Crippen LogP contribution in [0.4, 0.5) is 4.39 Å². The van der Waals surface area contributed by atoms with E-state index >= 15 is 0 Å². The largest absolute Gasteiger partial charge is 0.265 e. The van der Waals surface area contributed by atoms with Gasteiger partial charge in [-0.1, -0.05) is 26.0 Å². The van der Waals surface area contributed by atoms with Crippen molar-refractivity contribution in [2.24, 2.45) is 5.92 Å². The molecular formula is C11H14FNO2. The molecule has 82 valence electrons. The van der Waals surface area contributed by atoms with E-state index in [1.165, 1.54) is 12.1 Å². The Morgan fingerprint density at radius 3 is 2.27 bits per heavy atom. The quantitative estimate of drug-likeness (QED) is 0.567. The van der Waals surface area contributed by atoms with Crippen molar-refractivity contribution >= 4 is 0 Å². The van der Waals surface area contributed by atoms with Gasteiger partial charge in [-0.15, -0.1) is 0 Å². The van der Waals surface area contributed by atoms with Gasteiger partial charge < -0.3 is 0 Å². The van der Waals surface area contributed by atoms with E-state index in [9.17, 15) is 14.5 Å². The molecule has 1 atom stereocenters.